The van der Waals surface area contributed by atoms with Crippen molar-refractivity contribution >= 4 is 21.9 Å². The number of piperidine rings is 1. The molecule has 1 aromatic carbocycles. The molecule has 0 spiro atoms. The predicted octanol–water partition coefficient (Wildman–Crippen LogP) is 2.57. The predicted molar refractivity (Wildman–Crippen MR) is 65.2 cm³/mol. The molecule has 2 atom stereocenters. The Balaban J connectivity index is 2.23. The SMILES string of the molecule is O=C(O)C1CCCNC1c1ccc(Br)cc1. The minimum atomic E-state index is -0.708. The molecule has 1 heterocycles. The zero-order valence-corrected chi connectivity index (χ0v) is 10.4. The molecule has 86 valence electrons. The van der Waals surface area contributed by atoms with Gasteiger partial charge in [-0.15, -0.1) is 0 Å². The molecule has 0 radical (unpaired) electrons. The molecule has 1 aliphatic heterocycles. The summed E-state index contributed by atoms with van der Waals surface area (Å²) in [7, 11) is 0. The van der Waals surface area contributed by atoms with Gasteiger partial charge in [-0.2, -0.15) is 0 Å². The summed E-state index contributed by atoms with van der Waals surface area (Å²) in [6, 6.07) is 7.79. The Labute approximate surface area is 103 Å². The number of aliphatic carboxylic acids is 1. The third kappa shape index (κ3) is 2.44. The average Bonchev–Trinajstić information content (AvgIpc) is 2.30. The molecule has 1 saturated heterocycles. The van der Waals surface area contributed by atoms with Gasteiger partial charge in [0.2, 0.25) is 0 Å². The molecule has 0 saturated carbocycles. The van der Waals surface area contributed by atoms with Crippen molar-refractivity contribution in [1.82, 2.24) is 5.32 Å². The van der Waals surface area contributed by atoms with E-state index in [1.54, 1.807) is 0 Å². The number of carboxylic acid groups (broad SMARTS) is 1. The number of hydrogen-bond acceptors (Lipinski definition) is 2. The lowest BCUT2D eigenvalue weighted by Gasteiger charge is -2.30. The first-order valence-electron chi connectivity index (χ1n) is 5.40. The van der Waals surface area contributed by atoms with Gasteiger partial charge in [0.25, 0.3) is 0 Å². The average molecular weight is 284 g/mol. The highest BCUT2D eigenvalue weighted by Gasteiger charge is 2.31. The normalized spacial score (nSPS) is 25.3. The van der Waals surface area contributed by atoms with Crippen LogP contribution in [0.4, 0.5) is 0 Å². The Morgan fingerprint density at radius 3 is 2.69 bits per heavy atom. The van der Waals surface area contributed by atoms with Crippen LogP contribution < -0.4 is 5.32 Å². The topological polar surface area (TPSA) is 49.3 Å². The number of benzene rings is 1. The molecular formula is C12H14BrNO2. The number of halogens is 1. The van der Waals surface area contributed by atoms with Gasteiger partial charge in [0.15, 0.2) is 0 Å². The smallest absolute Gasteiger partial charge is 0.308 e. The highest BCUT2D eigenvalue weighted by molar-refractivity contribution is 9.10. The third-order valence-electron chi connectivity index (χ3n) is 3.00. The highest BCUT2D eigenvalue weighted by Crippen LogP contribution is 2.30. The van der Waals surface area contributed by atoms with E-state index in [1.807, 2.05) is 24.3 Å². The fourth-order valence-corrected chi connectivity index (χ4v) is 2.44. The molecule has 0 bridgehead atoms. The van der Waals surface area contributed by atoms with E-state index in [2.05, 4.69) is 21.2 Å². The monoisotopic (exact) mass is 283 g/mol. The zero-order valence-electron chi connectivity index (χ0n) is 8.82. The molecule has 0 aliphatic carbocycles. The van der Waals surface area contributed by atoms with E-state index in [0.29, 0.717) is 0 Å². The molecule has 2 N–H and O–H groups in total. The van der Waals surface area contributed by atoms with E-state index in [9.17, 15) is 9.90 Å². The molecule has 2 unspecified atom stereocenters. The van der Waals surface area contributed by atoms with Gasteiger partial charge in [0.1, 0.15) is 0 Å². The van der Waals surface area contributed by atoms with Crippen LogP contribution in [-0.2, 0) is 4.79 Å². The van der Waals surface area contributed by atoms with Crippen molar-refractivity contribution in [3.63, 3.8) is 0 Å². The summed E-state index contributed by atoms with van der Waals surface area (Å²) >= 11 is 3.38. The second kappa shape index (κ2) is 4.97. The van der Waals surface area contributed by atoms with Gasteiger partial charge >= 0.3 is 5.97 Å². The second-order valence-corrected chi connectivity index (χ2v) is 4.99. The lowest BCUT2D eigenvalue weighted by atomic mass is 9.86. The van der Waals surface area contributed by atoms with Crippen LogP contribution in [0.1, 0.15) is 24.4 Å². The van der Waals surface area contributed by atoms with Crippen LogP contribution in [-0.4, -0.2) is 17.6 Å². The van der Waals surface area contributed by atoms with Gasteiger partial charge in [-0.25, -0.2) is 0 Å². The van der Waals surface area contributed by atoms with Gasteiger partial charge in [-0.05, 0) is 37.1 Å². The molecule has 3 nitrogen and oxygen atoms in total. The lowest BCUT2D eigenvalue weighted by Crippen LogP contribution is -2.38. The summed E-state index contributed by atoms with van der Waals surface area (Å²) in [5, 5.41) is 12.5. The largest absolute Gasteiger partial charge is 0.481 e. The minimum absolute atomic E-state index is 0.0562. The summed E-state index contributed by atoms with van der Waals surface area (Å²) < 4.78 is 1.01. The third-order valence-corrected chi connectivity index (χ3v) is 3.53. The molecule has 1 aromatic rings. The van der Waals surface area contributed by atoms with Crippen molar-refractivity contribution in [1.29, 1.82) is 0 Å². The van der Waals surface area contributed by atoms with E-state index < -0.39 is 5.97 Å². The highest BCUT2D eigenvalue weighted by atomic mass is 79.9. The summed E-state index contributed by atoms with van der Waals surface area (Å²) in [6.07, 6.45) is 1.69. The van der Waals surface area contributed by atoms with Crippen LogP contribution in [0.15, 0.2) is 28.7 Å². The molecule has 0 aromatic heterocycles. The second-order valence-electron chi connectivity index (χ2n) is 4.07. The Morgan fingerprint density at radius 2 is 2.06 bits per heavy atom. The van der Waals surface area contributed by atoms with Crippen LogP contribution in [0, 0.1) is 5.92 Å². The maximum atomic E-state index is 11.2. The van der Waals surface area contributed by atoms with E-state index >= 15 is 0 Å². The number of rotatable bonds is 2. The van der Waals surface area contributed by atoms with Crippen molar-refractivity contribution in [3.05, 3.63) is 34.3 Å². The summed E-state index contributed by atoms with van der Waals surface area (Å²) in [5.41, 5.74) is 1.05. The standard InChI is InChI=1S/C12H14BrNO2/c13-9-5-3-8(4-6-9)11-10(12(15)16)2-1-7-14-11/h3-6,10-11,14H,1-2,7H2,(H,15,16). The van der Waals surface area contributed by atoms with Crippen LogP contribution >= 0.6 is 15.9 Å². The Bertz CT molecular complexity index is 377. The van der Waals surface area contributed by atoms with Crippen molar-refractivity contribution in [2.75, 3.05) is 6.54 Å². The first-order chi connectivity index (χ1) is 7.68. The Hall–Kier alpha value is -0.870. The van der Waals surface area contributed by atoms with Crippen LogP contribution in [0.25, 0.3) is 0 Å². The molecular weight excluding hydrogens is 270 g/mol. The van der Waals surface area contributed by atoms with Crippen molar-refractivity contribution in [2.45, 2.75) is 18.9 Å². The fraction of sp³-hybridized carbons (Fsp3) is 0.417. The first-order valence-corrected chi connectivity index (χ1v) is 6.19. The van der Waals surface area contributed by atoms with Crippen LogP contribution in [0.2, 0.25) is 0 Å². The lowest BCUT2D eigenvalue weighted by molar-refractivity contribution is -0.143. The van der Waals surface area contributed by atoms with Gasteiger partial charge in [0, 0.05) is 10.5 Å². The van der Waals surface area contributed by atoms with Gasteiger partial charge in [-0.1, -0.05) is 28.1 Å². The zero-order chi connectivity index (χ0) is 11.5. The summed E-state index contributed by atoms with van der Waals surface area (Å²) in [5.74, 6) is -1.02. The molecule has 0 amide bonds. The number of hydrogen-bond donors (Lipinski definition) is 2. The van der Waals surface area contributed by atoms with Crippen LogP contribution in [0.5, 0.6) is 0 Å². The van der Waals surface area contributed by atoms with Gasteiger partial charge < -0.3 is 10.4 Å². The molecule has 2 rings (SSSR count). The number of carboxylic acids is 1. The number of carbonyl (C=O) groups is 1. The molecule has 1 aliphatic rings. The van der Waals surface area contributed by atoms with Crippen molar-refractivity contribution in [3.8, 4) is 0 Å². The first kappa shape index (κ1) is 11.6. The van der Waals surface area contributed by atoms with E-state index in [1.165, 1.54) is 0 Å². The summed E-state index contributed by atoms with van der Waals surface area (Å²) in [6.45, 7) is 0.893. The van der Waals surface area contributed by atoms with Gasteiger partial charge in [0.05, 0.1) is 5.92 Å². The minimum Gasteiger partial charge on any atom is -0.481 e. The Kier molecular flexibility index (Phi) is 3.61. The molecule has 4 heteroatoms. The maximum Gasteiger partial charge on any atom is 0.308 e. The number of nitrogens with one attached hydrogen (secondary N) is 1. The van der Waals surface area contributed by atoms with E-state index in [4.69, 9.17) is 0 Å². The fourth-order valence-electron chi connectivity index (χ4n) is 2.17. The van der Waals surface area contributed by atoms with Crippen molar-refractivity contribution in [2.24, 2.45) is 5.92 Å². The molecule has 1 fully saturated rings. The van der Waals surface area contributed by atoms with Crippen LogP contribution in [0.3, 0.4) is 0 Å². The maximum absolute atomic E-state index is 11.2. The molecule has 16 heavy (non-hydrogen) atoms. The Morgan fingerprint density at radius 1 is 1.38 bits per heavy atom. The van der Waals surface area contributed by atoms with E-state index in [0.717, 1.165) is 29.4 Å². The van der Waals surface area contributed by atoms with Gasteiger partial charge in [-0.3, -0.25) is 4.79 Å². The summed E-state index contributed by atoms with van der Waals surface area (Å²) in [4.78, 5) is 11.2. The van der Waals surface area contributed by atoms with Crippen molar-refractivity contribution < 1.29 is 9.90 Å². The quantitative estimate of drug-likeness (QED) is 0.877. The van der Waals surface area contributed by atoms with E-state index in [-0.39, 0.29) is 12.0 Å².